The number of para-hydroxylation sites is 1. The highest BCUT2D eigenvalue weighted by Crippen LogP contribution is 2.31. The highest BCUT2D eigenvalue weighted by molar-refractivity contribution is 5.78. The summed E-state index contributed by atoms with van der Waals surface area (Å²) in [5.41, 5.74) is 0.913. The van der Waals surface area contributed by atoms with E-state index in [0.29, 0.717) is 36.4 Å². The van der Waals surface area contributed by atoms with Crippen molar-refractivity contribution in [2.24, 2.45) is 0 Å². The van der Waals surface area contributed by atoms with Crippen molar-refractivity contribution in [1.29, 1.82) is 0 Å². The van der Waals surface area contributed by atoms with E-state index in [1.807, 2.05) is 0 Å². The van der Waals surface area contributed by atoms with Crippen LogP contribution in [0.3, 0.4) is 0 Å². The molecule has 1 aromatic heterocycles. The normalized spacial score (nSPS) is 10.4. The first-order valence-corrected chi connectivity index (χ1v) is 5.83. The van der Waals surface area contributed by atoms with Gasteiger partial charge in [0.2, 0.25) is 0 Å². The molecule has 100 valence electrons. The number of benzene rings is 1. The Hall–Kier alpha value is -2.14. The Balaban J connectivity index is 2.33. The third-order valence-corrected chi connectivity index (χ3v) is 2.63. The molecule has 1 N–H and O–H groups in total. The molecular formula is C14H14FNO3. The lowest BCUT2D eigenvalue weighted by Crippen LogP contribution is -2.09. The Bertz CT molecular complexity index is 566. The zero-order chi connectivity index (χ0) is 13.7. The maximum atomic E-state index is 13.8. The maximum Gasteiger partial charge on any atom is 0.185 e. The Kier molecular flexibility index (Phi) is 4.30. The Morgan fingerprint density at radius 3 is 2.89 bits per heavy atom. The van der Waals surface area contributed by atoms with E-state index in [1.54, 1.807) is 31.4 Å². The van der Waals surface area contributed by atoms with E-state index in [0.717, 1.165) is 0 Å². The van der Waals surface area contributed by atoms with Gasteiger partial charge in [0, 0.05) is 19.2 Å². The third-order valence-electron chi connectivity index (χ3n) is 2.63. The van der Waals surface area contributed by atoms with E-state index in [2.05, 4.69) is 5.32 Å². The van der Waals surface area contributed by atoms with Gasteiger partial charge in [-0.1, -0.05) is 6.07 Å². The standard InChI is InChI=1S/C14H14FNO3/c1-18-8-7-16-14-11(3-2-4-12(14)15)13-6-5-10(9-17)19-13/h2-6,9,16H,7-8H2,1H3. The number of halogens is 1. The highest BCUT2D eigenvalue weighted by Gasteiger charge is 2.13. The number of carbonyl (C=O) groups excluding carboxylic acids is 1. The number of methoxy groups -OCH3 is 1. The molecule has 0 aliphatic rings. The van der Waals surface area contributed by atoms with Crippen LogP contribution in [0, 0.1) is 5.82 Å². The molecule has 4 nitrogen and oxygen atoms in total. The van der Waals surface area contributed by atoms with Gasteiger partial charge in [0.05, 0.1) is 12.3 Å². The topological polar surface area (TPSA) is 51.5 Å². The van der Waals surface area contributed by atoms with Gasteiger partial charge in [-0.2, -0.15) is 0 Å². The molecule has 2 rings (SSSR count). The second-order valence-electron chi connectivity index (χ2n) is 3.90. The van der Waals surface area contributed by atoms with Crippen LogP contribution in [0.1, 0.15) is 10.6 Å². The number of nitrogens with one attached hydrogen (secondary N) is 1. The van der Waals surface area contributed by atoms with Crippen LogP contribution in [-0.4, -0.2) is 26.5 Å². The number of anilines is 1. The van der Waals surface area contributed by atoms with Crippen molar-refractivity contribution in [1.82, 2.24) is 0 Å². The predicted molar refractivity (Wildman–Crippen MR) is 69.9 cm³/mol. The monoisotopic (exact) mass is 263 g/mol. The summed E-state index contributed by atoms with van der Waals surface area (Å²) in [4.78, 5) is 10.6. The van der Waals surface area contributed by atoms with E-state index in [4.69, 9.17) is 9.15 Å². The number of aldehydes is 1. The Morgan fingerprint density at radius 2 is 2.21 bits per heavy atom. The van der Waals surface area contributed by atoms with Crippen LogP contribution in [0.2, 0.25) is 0 Å². The maximum absolute atomic E-state index is 13.8. The van der Waals surface area contributed by atoms with E-state index in [1.165, 1.54) is 6.07 Å². The first-order chi connectivity index (χ1) is 9.26. The fourth-order valence-electron chi connectivity index (χ4n) is 1.75. The summed E-state index contributed by atoms with van der Waals surface area (Å²) in [5.74, 6) is 0.279. The summed E-state index contributed by atoms with van der Waals surface area (Å²) in [5, 5.41) is 2.96. The van der Waals surface area contributed by atoms with Gasteiger partial charge in [0.1, 0.15) is 11.6 Å². The summed E-state index contributed by atoms with van der Waals surface area (Å²) in [6.07, 6.45) is 0.612. The van der Waals surface area contributed by atoms with Gasteiger partial charge in [0.25, 0.3) is 0 Å². The van der Waals surface area contributed by atoms with E-state index in [-0.39, 0.29) is 11.6 Å². The Labute approximate surface area is 110 Å². The molecular weight excluding hydrogens is 249 g/mol. The van der Waals surface area contributed by atoms with Crippen molar-refractivity contribution < 1.29 is 18.3 Å². The summed E-state index contributed by atoms with van der Waals surface area (Å²) < 4.78 is 24.1. The Morgan fingerprint density at radius 1 is 1.37 bits per heavy atom. The molecule has 0 saturated heterocycles. The lowest BCUT2D eigenvalue weighted by Gasteiger charge is -2.11. The van der Waals surface area contributed by atoms with Crippen molar-refractivity contribution in [2.75, 3.05) is 25.6 Å². The third kappa shape index (κ3) is 3.00. The molecule has 0 saturated carbocycles. The molecule has 0 bridgehead atoms. The first kappa shape index (κ1) is 13.3. The minimum Gasteiger partial charge on any atom is -0.453 e. The smallest absolute Gasteiger partial charge is 0.185 e. The van der Waals surface area contributed by atoms with Crippen LogP contribution in [0.25, 0.3) is 11.3 Å². The summed E-state index contributed by atoms with van der Waals surface area (Å²) in [6.45, 7) is 0.942. The van der Waals surface area contributed by atoms with E-state index < -0.39 is 0 Å². The molecule has 0 radical (unpaired) electrons. The molecule has 0 amide bonds. The van der Waals surface area contributed by atoms with Crippen molar-refractivity contribution in [3.63, 3.8) is 0 Å². The minimum atomic E-state index is -0.377. The predicted octanol–water partition coefficient (Wildman–Crippen LogP) is 2.96. The molecule has 1 aromatic carbocycles. The molecule has 0 spiro atoms. The van der Waals surface area contributed by atoms with Gasteiger partial charge in [-0.05, 0) is 24.3 Å². The molecule has 0 aliphatic carbocycles. The van der Waals surface area contributed by atoms with Crippen LogP contribution >= 0.6 is 0 Å². The molecule has 0 unspecified atom stereocenters. The van der Waals surface area contributed by atoms with Crippen LogP contribution in [0.15, 0.2) is 34.7 Å². The van der Waals surface area contributed by atoms with Gasteiger partial charge in [0.15, 0.2) is 12.0 Å². The number of ether oxygens (including phenoxy) is 1. The highest BCUT2D eigenvalue weighted by atomic mass is 19.1. The van der Waals surface area contributed by atoms with Crippen LogP contribution < -0.4 is 5.32 Å². The van der Waals surface area contributed by atoms with Gasteiger partial charge in [-0.3, -0.25) is 4.79 Å². The molecule has 19 heavy (non-hydrogen) atoms. The largest absolute Gasteiger partial charge is 0.453 e. The summed E-state index contributed by atoms with van der Waals surface area (Å²) in [7, 11) is 1.58. The molecule has 0 aliphatic heterocycles. The quantitative estimate of drug-likeness (QED) is 0.643. The van der Waals surface area contributed by atoms with Crippen LogP contribution in [0.5, 0.6) is 0 Å². The van der Waals surface area contributed by atoms with E-state index >= 15 is 0 Å². The fraction of sp³-hybridized carbons (Fsp3) is 0.214. The van der Waals surface area contributed by atoms with Crippen molar-refractivity contribution in [3.8, 4) is 11.3 Å². The van der Waals surface area contributed by atoms with Crippen molar-refractivity contribution >= 4 is 12.0 Å². The number of hydrogen-bond acceptors (Lipinski definition) is 4. The minimum absolute atomic E-state index is 0.210. The number of hydrogen-bond donors (Lipinski definition) is 1. The van der Waals surface area contributed by atoms with Gasteiger partial charge in [-0.25, -0.2) is 4.39 Å². The van der Waals surface area contributed by atoms with E-state index in [9.17, 15) is 9.18 Å². The molecule has 1 heterocycles. The zero-order valence-electron chi connectivity index (χ0n) is 10.5. The van der Waals surface area contributed by atoms with Crippen molar-refractivity contribution in [2.45, 2.75) is 0 Å². The van der Waals surface area contributed by atoms with Crippen LogP contribution in [-0.2, 0) is 4.74 Å². The fourth-order valence-corrected chi connectivity index (χ4v) is 1.75. The average molecular weight is 263 g/mol. The lowest BCUT2D eigenvalue weighted by atomic mass is 10.1. The number of furan rings is 1. The SMILES string of the molecule is COCCNc1c(F)cccc1-c1ccc(C=O)o1. The van der Waals surface area contributed by atoms with Gasteiger partial charge < -0.3 is 14.5 Å². The summed E-state index contributed by atoms with van der Waals surface area (Å²) in [6, 6.07) is 7.87. The first-order valence-electron chi connectivity index (χ1n) is 5.83. The number of rotatable bonds is 6. The average Bonchev–Trinajstić information content (AvgIpc) is 2.89. The molecule has 0 atom stereocenters. The lowest BCUT2D eigenvalue weighted by molar-refractivity contribution is 0.110. The molecule has 5 heteroatoms. The second-order valence-corrected chi connectivity index (χ2v) is 3.90. The second kappa shape index (κ2) is 6.15. The molecule has 2 aromatic rings. The van der Waals surface area contributed by atoms with Crippen LogP contribution in [0.4, 0.5) is 10.1 Å². The number of carbonyl (C=O) groups is 1. The molecule has 0 fully saturated rings. The van der Waals surface area contributed by atoms with Gasteiger partial charge in [-0.15, -0.1) is 0 Å². The van der Waals surface area contributed by atoms with Crippen molar-refractivity contribution in [3.05, 3.63) is 41.9 Å². The zero-order valence-corrected chi connectivity index (χ0v) is 10.5. The summed E-state index contributed by atoms with van der Waals surface area (Å²) >= 11 is 0. The van der Waals surface area contributed by atoms with Gasteiger partial charge >= 0.3 is 0 Å².